The van der Waals surface area contributed by atoms with Crippen LogP contribution in [-0.2, 0) is 13.8 Å². The van der Waals surface area contributed by atoms with Crippen molar-refractivity contribution in [2.75, 3.05) is 5.75 Å². The number of Topliss-reactive ketones (excluding diaryl/α,β-unsaturated/α-hetero) is 1. The van der Waals surface area contributed by atoms with Crippen LogP contribution in [0.4, 0.5) is 0 Å². The molecule has 2 rings (SSSR count). The van der Waals surface area contributed by atoms with Gasteiger partial charge in [-0.1, -0.05) is 13.8 Å². The standard InChI is InChI=1S/C10H15ClO3S/c1-9(2)7-3-4-10(9,8(12)5-7)6-15(11,13)14/h7H,3-6H2,1-2H3/t7-,10+/m0/s1. The first-order valence-corrected chi connectivity index (χ1v) is 7.62. The summed E-state index contributed by atoms with van der Waals surface area (Å²) in [6.07, 6.45) is 2.15. The van der Waals surface area contributed by atoms with Gasteiger partial charge in [0.25, 0.3) is 0 Å². The van der Waals surface area contributed by atoms with E-state index in [-0.39, 0.29) is 17.0 Å². The topological polar surface area (TPSA) is 51.2 Å². The molecule has 0 aromatic carbocycles. The zero-order valence-electron chi connectivity index (χ0n) is 8.92. The molecule has 0 spiro atoms. The van der Waals surface area contributed by atoms with Gasteiger partial charge in [-0.2, -0.15) is 0 Å². The maximum absolute atomic E-state index is 11.9. The fraction of sp³-hybridized carbons (Fsp3) is 0.900. The largest absolute Gasteiger partial charge is 0.299 e. The Hall–Kier alpha value is -0.0900. The molecule has 3 nitrogen and oxygen atoms in total. The number of ketones is 1. The average Bonchev–Trinajstić information content (AvgIpc) is 2.34. The minimum absolute atomic E-state index is 0.0907. The zero-order valence-corrected chi connectivity index (χ0v) is 10.5. The van der Waals surface area contributed by atoms with Crippen molar-refractivity contribution in [2.45, 2.75) is 33.1 Å². The molecule has 0 radical (unpaired) electrons. The van der Waals surface area contributed by atoms with Crippen molar-refractivity contribution in [2.24, 2.45) is 16.7 Å². The normalized spacial score (nSPS) is 38.6. The van der Waals surface area contributed by atoms with Gasteiger partial charge in [0, 0.05) is 22.5 Å². The second kappa shape index (κ2) is 2.98. The Balaban J connectivity index is 2.45. The number of rotatable bonds is 2. The number of fused-ring (bicyclic) bond motifs is 2. The van der Waals surface area contributed by atoms with E-state index in [1.165, 1.54) is 0 Å². The second-order valence-corrected chi connectivity index (χ2v) is 8.13. The molecule has 0 aromatic heterocycles. The van der Waals surface area contributed by atoms with Crippen LogP contribution in [0.5, 0.6) is 0 Å². The summed E-state index contributed by atoms with van der Waals surface area (Å²) in [5.41, 5.74) is -0.926. The Morgan fingerprint density at radius 1 is 1.47 bits per heavy atom. The van der Waals surface area contributed by atoms with Crippen LogP contribution in [0.25, 0.3) is 0 Å². The summed E-state index contributed by atoms with van der Waals surface area (Å²) in [6.45, 7) is 4.00. The molecular formula is C10H15ClO3S. The molecule has 0 heterocycles. The Labute approximate surface area is 94.6 Å². The fourth-order valence-electron chi connectivity index (χ4n) is 3.40. The summed E-state index contributed by atoms with van der Waals surface area (Å²) < 4.78 is 22.4. The van der Waals surface area contributed by atoms with E-state index in [4.69, 9.17) is 10.7 Å². The molecule has 2 aliphatic carbocycles. The van der Waals surface area contributed by atoms with E-state index in [0.717, 1.165) is 6.42 Å². The number of hydrogen-bond acceptors (Lipinski definition) is 3. The van der Waals surface area contributed by atoms with E-state index in [2.05, 4.69) is 0 Å². The maximum atomic E-state index is 11.9. The van der Waals surface area contributed by atoms with Gasteiger partial charge in [-0.15, -0.1) is 0 Å². The molecule has 2 atom stereocenters. The SMILES string of the molecule is CC1(C)[C@H]2CC[C@@]1(CS(=O)(=O)Cl)C(=O)C2. The Kier molecular flexibility index (Phi) is 2.26. The first kappa shape index (κ1) is 11.4. The molecule has 0 saturated heterocycles. The monoisotopic (exact) mass is 250 g/mol. The zero-order chi connectivity index (χ0) is 11.5. The third kappa shape index (κ3) is 1.45. The summed E-state index contributed by atoms with van der Waals surface area (Å²) >= 11 is 0. The molecule has 0 amide bonds. The summed E-state index contributed by atoms with van der Waals surface area (Å²) in [5, 5.41) is 0. The van der Waals surface area contributed by atoms with Gasteiger partial charge in [-0.05, 0) is 24.2 Å². The summed E-state index contributed by atoms with van der Waals surface area (Å²) in [5.74, 6) is 0.237. The van der Waals surface area contributed by atoms with E-state index < -0.39 is 14.5 Å². The Morgan fingerprint density at radius 2 is 2.07 bits per heavy atom. The third-order valence-electron chi connectivity index (χ3n) is 4.56. The second-order valence-electron chi connectivity index (χ2n) is 5.35. The van der Waals surface area contributed by atoms with Crippen LogP contribution in [0.15, 0.2) is 0 Å². The third-order valence-corrected chi connectivity index (χ3v) is 5.72. The van der Waals surface area contributed by atoms with E-state index in [1.54, 1.807) is 0 Å². The molecule has 0 aliphatic heterocycles. The van der Waals surface area contributed by atoms with E-state index >= 15 is 0 Å². The lowest BCUT2D eigenvalue weighted by atomic mass is 9.70. The number of carbonyl (C=O) groups is 1. The van der Waals surface area contributed by atoms with Crippen LogP contribution in [0.1, 0.15) is 33.1 Å². The van der Waals surface area contributed by atoms with Crippen LogP contribution >= 0.6 is 10.7 Å². The summed E-state index contributed by atoms with van der Waals surface area (Å²) in [7, 11) is 1.71. The van der Waals surface area contributed by atoms with Gasteiger partial charge in [0.15, 0.2) is 0 Å². The lowest BCUT2D eigenvalue weighted by molar-refractivity contribution is -0.128. The Morgan fingerprint density at radius 3 is 2.40 bits per heavy atom. The van der Waals surface area contributed by atoms with Gasteiger partial charge in [0.05, 0.1) is 5.75 Å². The highest BCUT2D eigenvalue weighted by atomic mass is 35.7. The van der Waals surface area contributed by atoms with E-state index in [9.17, 15) is 13.2 Å². The van der Waals surface area contributed by atoms with Crippen LogP contribution in [0.2, 0.25) is 0 Å². The predicted molar refractivity (Wildman–Crippen MR) is 58.2 cm³/mol. The van der Waals surface area contributed by atoms with Crippen LogP contribution in [0.3, 0.4) is 0 Å². The molecule has 15 heavy (non-hydrogen) atoms. The molecule has 2 fully saturated rings. The molecule has 2 aliphatic rings. The summed E-state index contributed by atoms with van der Waals surface area (Å²) in [6, 6.07) is 0. The molecule has 0 N–H and O–H groups in total. The molecule has 2 saturated carbocycles. The van der Waals surface area contributed by atoms with Gasteiger partial charge in [0.2, 0.25) is 9.05 Å². The molecule has 2 bridgehead atoms. The smallest absolute Gasteiger partial charge is 0.233 e. The lowest BCUT2D eigenvalue weighted by Crippen LogP contribution is -2.41. The van der Waals surface area contributed by atoms with Crippen molar-refractivity contribution in [1.82, 2.24) is 0 Å². The molecule has 5 heteroatoms. The van der Waals surface area contributed by atoms with Crippen molar-refractivity contribution < 1.29 is 13.2 Å². The van der Waals surface area contributed by atoms with Crippen molar-refractivity contribution in [3.05, 3.63) is 0 Å². The Bertz CT molecular complexity index is 412. The van der Waals surface area contributed by atoms with E-state index in [0.29, 0.717) is 18.8 Å². The van der Waals surface area contributed by atoms with Gasteiger partial charge >= 0.3 is 0 Å². The predicted octanol–water partition coefficient (Wildman–Crippen LogP) is 1.95. The lowest BCUT2D eigenvalue weighted by Gasteiger charge is -2.35. The first-order valence-electron chi connectivity index (χ1n) is 5.15. The van der Waals surface area contributed by atoms with Crippen molar-refractivity contribution >= 4 is 25.5 Å². The highest BCUT2D eigenvalue weighted by molar-refractivity contribution is 8.13. The van der Waals surface area contributed by atoms with Gasteiger partial charge < -0.3 is 0 Å². The van der Waals surface area contributed by atoms with Crippen LogP contribution < -0.4 is 0 Å². The number of halogens is 1. The van der Waals surface area contributed by atoms with Crippen LogP contribution in [-0.4, -0.2) is 20.0 Å². The van der Waals surface area contributed by atoms with Crippen molar-refractivity contribution in [1.29, 1.82) is 0 Å². The summed E-state index contributed by atoms with van der Waals surface area (Å²) in [4.78, 5) is 11.9. The molecular weight excluding hydrogens is 236 g/mol. The molecule has 0 aromatic rings. The average molecular weight is 251 g/mol. The van der Waals surface area contributed by atoms with Crippen molar-refractivity contribution in [3.63, 3.8) is 0 Å². The first-order chi connectivity index (χ1) is 6.69. The minimum atomic E-state index is -3.60. The van der Waals surface area contributed by atoms with Gasteiger partial charge in [-0.3, -0.25) is 4.79 Å². The van der Waals surface area contributed by atoms with Gasteiger partial charge in [-0.25, -0.2) is 8.42 Å². The highest BCUT2D eigenvalue weighted by Crippen LogP contribution is 2.64. The number of hydrogen-bond donors (Lipinski definition) is 0. The molecule has 0 unspecified atom stereocenters. The quantitative estimate of drug-likeness (QED) is 0.704. The maximum Gasteiger partial charge on any atom is 0.233 e. The minimum Gasteiger partial charge on any atom is -0.299 e. The van der Waals surface area contributed by atoms with Crippen LogP contribution in [0, 0.1) is 16.7 Å². The highest BCUT2D eigenvalue weighted by Gasteiger charge is 2.65. The molecule has 86 valence electrons. The number of carbonyl (C=O) groups excluding carboxylic acids is 1. The van der Waals surface area contributed by atoms with Crippen molar-refractivity contribution in [3.8, 4) is 0 Å². The van der Waals surface area contributed by atoms with Gasteiger partial charge in [0.1, 0.15) is 5.78 Å². The van der Waals surface area contributed by atoms with E-state index in [1.807, 2.05) is 13.8 Å². The fourth-order valence-corrected chi connectivity index (χ4v) is 5.23.